The molecule has 0 aromatic heterocycles. The summed E-state index contributed by atoms with van der Waals surface area (Å²) in [5, 5.41) is 0. The molecule has 6 nitrogen and oxygen atoms in total. The topological polar surface area (TPSA) is 60.9 Å². The summed E-state index contributed by atoms with van der Waals surface area (Å²) < 4.78 is 27.3. The van der Waals surface area contributed by atoms with E-state index in [9.17, 15) is 13.2 Å². The molecule has 0 N–H and O–H groups in total. The van der Waals surface area contributed by atoms with Crippen molar-refractivity contribution in [2.45, 2.75) is 37.6 Å². The number of anilines is 1. The lowest BCUT2D eigenvalue weighted by Gasteiger charge is -2.39. The molecule has 2 aromatic carbocycles. The number of sulfonamides is 1. The minimum atomic E-state index is -3.52. The SMILES string of the molecule is Cc1ccc(S(=O)(=O)N2CCN(C(=O)CN3c4ccccc4CC[C@H]3C)CC2)cc1. The Bertz CT molecular complexity index is 1010. The Morgan fingerprint density at radius 1 is 1.00 bits per heavy atom. The number of carbonyl (C=O) groups excluding carboxylic acids is 1. The molecule has 2 aliphatic rings. The third kappa shape index (κ3) is 4.09. The minimum absolute atomic E-state index is 0.0611. The van der Waals surface area contributed by atoms with Crippen LogP contribution in [0.5, 0.6) is 0 Å². The first-order valence-electron chi connectivity index (χ1n) is 10.6. The Balaban J connectivity index is 1.40. The van der Waals surface area contributed by atoms with Crippen LogP contribution in [0.15, 0.2) is 53.4 Å². The highest BCUT2D eigenvalue weighted by molar-refractivity contribution is 7.89. The molecule has 0 bridgehead atoms. The van der Waals surface area contributed by atoms with Crippen molar-refractivity contribution in [2.75, 3.05) is 37.6 Å². The maximum atomic E-state index is 13.0. The fourth-order valence-electron chi connectivity index (χ4n) is 4.28. The first kappa shape index (κ1) is 20.9. The molecule has 160 valence electrons. The van der Waals surface area contributed by atoms with Gasteiger partial charge in [-0.2, -0.15) is 4.31 Å². The Morgan fingerprint density at radius 3 is 2.37 bits per heavy atom. The number of amides is 1. The molecule has 0 saturated carbocycles. The molecule has 2 heterocycles. The Hall–Kier alpha value is -2.38. The zero-order valence-electron chi connectivity index (χ0n) is 17.6. The van der Waals surface area contributed by atoms with Gasteiger partial charge in [-0.3, -0.25) is 4.79 Å². The summed E-state index contributed by atoms with van der Waals surface area (Å²) in [4.78, 5) is 17.3. The van der Waals surface area contributed by atoms with Gasteiger partial charge in [-0.05, 0) is 50.5 Å². The number of benzene rings is 2. The van der Waals surface area contributed by atoms with Crippen LogP contribution in [0.4, 0.5) is 5.69 Å². The van der Waals surface area contributed by atoms with Crippen molar-refractivity contribution >= 4 is 21.6 Å². The molecule has 2 aromatic rings. The average Bonchev–Trinajstić information content (AvgIpc) is 2.76. The smallest absolute Gasteiger partial charge is 0.243 e. The molecule has 7 heteroatoms. The number of nitrogens with zero attached hydrogens (tertiary/aromatic N) is 3. The lowest BCUT2D eigenvalue weighted by Crippen LogP contribution is -2.53. The molecular weight excluding hydrogens is 398 g/mol. The molecule has 2 aliphatic heterocycles. The Kier molecular flexibility index (Phi) is 5.84. The summed E-state index contributed by atoms with van der Waals surface area (Å²) in [7, 11) is -3.52. The first-order valence-corrected chi connectivity index (χ1v) is 12.0. The average molecular weight is 428 g/mol. The van der Waals surface area contributed by atoms with Crippen LogP contribution >= 0.6 is 0 Å². The van der Waals surface area contributed by atoms with E-state index in [1.54, 1.807) is 17.0 Å². The van der Waals surface area contributed by atoms with Crippen molar-refractivity contribution in [2.24, 2.45) is 0 Å². The zero-order chi connectivity index (χ0) is 21.3. The fraction of sp³-hybridized carbons (Fsp3) is 0.435. The van der Waals surface area contributed by atoms with Gasteiger partial charge in [0, 0.05) is 37.9 Å². The normalized spacial score (nSPS) is 20.1. The number of carbonyl (C=O) groups is 1. The molecule has 1 amide bonds. The quantitative estimate of drug-likeness (QED) is 0.753. The molecule has 4 rings (SSSR count). The number of hydrogen-bond donors (Lipinski definition) is 0. The van der Waals surface area contributed by atoms with Gasteiger partial charge in [-0.25, -0.2) is 8.42 Å². The van der Waals surface area contributed by atoms with Gasteiger partial charge in [-0.1, -0.05) is 35.9 Å². The van der Waals surface area contributed by atoms with Crippen LogP contribution in [-0.2, 0) is 21.2 Å². The van der Waals surface area contributed by atoms with E-state index in [0.717, 1.165) is 24.1 Å². The number of piperazine rings is 1. The monoisotopic (exact) mass is 427 g/mol. The number of para-hydroxylation sites is 1. The van der Waals surface area contributed by atoms with Gasteiger partial charge in [-0.15, -0.1) is 0 Å². The number of rotatable bonds is 4. The van der Waals surface area contributed by atoms with Crippen molar-refractivity contribution in [1.29, 1.82) is 0 Å². The summed E-state index contributed by atoms with van der Waals surface area (Å²) in [5.74, 6) is 0.0611. The highest BCUT2D eigenvalue weighted by Crippen LogP contribution is 2.30. The molecule has 30 heavy (non-hydrogen) atoms. The summed E-state index contributed by atoms with van der Waals surface area (Å²) in [6.45, 7) is 5.93. The maximum absolute atomic E-state index is 13.0. The molecule has 1 atom stereocenters. The van der Waals surface area contributed by atoms with Gasteiger partial charge in [0.15, 0.2) is 0 Å². The molecule has 0 radical (unpaired) electrons. The van der Waals surface area contributed by atoms with Gasteiger partial charge in [0.05, 0.1) is 11.4 Å². The van der Waals surface area contributed by atoms with Crippen LogP contribution in [0.2, 0.25) is 0 Å². The highest BCUT2D eigenvalue weighted by atomic mass is 32.2. The van der Waals surface area contributed by atoms with Gasteiger partial charge >= 0.3 is 0 Å². The van der Waals surface area contributed by atoms with E-state index < -0.39 is 10.0 Å². The van der Waals surface area contributed by atoms with Crippen LogP contribution in [-0.4, -0.2) is 62.3 Å². The van der Waals surface area contributed by atoms with E-state index in [4.69, 9.17) is 0 Å². The summed E-state index contributed by atoms with van der Waals surface area (Å²) >= 11 is 0. The summed E-state index contributed by atoms with van der Waals surface area (Å²) in [6, 6.07) is 15.5. The third-order valence-electron chi connectivity index (χ3n) is 6.22. The molecular formula is C23H29N3O3S. The molecule has 1 fully saturated rings. The van der Waals surface area contributed by atoms with E-state index in [0.29, 0.717) is 43.7 Å². The van der Waals surface area contributed by atoms with Crippen LogP contribution in [0.3, 0.4) is 0 Å². The van der Waals surface area contributed by atoms with Gasteiger partial charge < -0.3 is 9.80 Å². The number of hydrogen-bond acceptors (Lipinski definition) is 4. The van der Waals surface area contributed by atoms with E-state index in [2.05, 4.69) is 24.0 Å². The van der Waals surface area contributed by atoms with Crippen LogP contribution < -0.4 is 4.90 Å². The molecule has 0 aliphatic carbocycles. The Labute approximate surface area is 179 Å². The van der Waals surface area contributed by atoms with Crippen molar-refractivity contribution in [3.63, 3.8) is 0 Å². The number of aryl methyl sites for hydroxylation is 2. The van der Waals surface area contributed by atoms with Gasteiger partial charge in [0.1, 0.15) is 0 Å². The largest absolute Gasteiger partial charge is 0.359 e. The fourth-order valence-corrected chi connectivity index (χ4v) is 5.71. The van der Waals surface area contributed by atoms with Crippen LogP contribution in [0.1, 0.15) is 24.5 Å². The highest BCUT2D eigenvalue weighted by Gasteiger charge is 2.32. The zero-order valence-corrected chi connectivity index (χ0v) is 18.4. The summed E-state index contributed by atoms with van der Waals surface area (Å²) in [5.41, 5.74) is 3.46. The second-order valence-corrected chi connectivity index (χ2v) is 10.2. The standard InChI is InChI=1S/C23H29N3O3S/c1-18-7-11-21(12-8-18)30(28,29)25-15-13-24(14-16-25)23(27)17-26-19(2)9-10-20-5-3-4-6-22(20)26/h3-8,11-12,19H,9-10,13-17H2,1-2H3/t19-/m1/s1. The van der Waals surface area contributed by atoms with E-state index in [-0.39, 0.29) is 5.91 Å². The van der Waals surface area contributed by atoms with Crippen molar-refractivity contribution in [3.05, 3.63) is 59.7 Å². The van der Waals surface area contributed by atoms with Gasteiger partial charge in [0.2, 0.25) is 15.9 Å². The summed E-state index contributed by atoms with van der Waals surface area (Å²) in [6.07, 6.45) is 2.07. The number of fused-ring (bicyclic) bond motifs is 1. The van der Waals surface area contributed by atoms with Crippen molar-refractivity contribution in [3.8, 4) is 0 Å². The molecule has 0 spiro atoms. The van der Waals surface area contributed by atoms with E-state index in [1.807, 2.05) is 31.2 Å². The minimum Gasteiger partial charge on any atom is -0.359 e. The molecule has 0 unspecified atom stereocenters. The van der Waals surface area contributed by atoms with Crippen molar-refractivity contribution < 1.29 is 13.2 Å². The second-order valence-electron chi connectivity index (χ2n) is 8.24. The first-order chi connectivity index (χ1) is 14.4. The van der Waals surface area contributed by atoms with Gasteiger partial charge in [0.25, 0.3) is 0 Å². The van der Waals surface area contributed by atoms with E-state index in [1.165, 1.54) is 9.87 Å². The van der Waals surface area contributed by atoms with Crippen molar-refractivity contribution in [1.82, 2.24) is 9.21 Å². The van der Waals surface area contributed by atoms with Crippen LogP contribution in [0, 0.1) is 6.92 Å². The lowest BCUT2D eigenvalue weighted by atomic mass is 9.96. The predicted molar refractivity (Wildman–Crippen MR) is 118 cm³/mol. The van der Waals surface area contributed by atoms with Crippen LogP contribution in [0.25, 0.3) is 0 Å². The van der Waals surface area contributed by atoms with E-state index >= 15 is 0 Å². The Morgan fingerprint density at radius 2 is 1.67 bits per heavy atom. The lowest BCUT2D eigenvalue weighted by molar-refractivity contribution is -0.131. The third-order valence-corrected chi connectivity index (χ3v) is 8.13. The maximum Gasteiger partial charge on any atom is 0.243 e. The second kappa shape index (κ2) is 8.40. The molecule has 1 saturated heterocycles. The predicted octanol–water partition coefficient (Wildman–Crippen LogP) is 2.67.